The Bertz CT molecular complexity index is 683. The van der Waals surface area contributed by atoms with Crippen LogP contribution >= 0.6 is 11.6 Å². The van der Waals surface area contributed by atoms with Crippen molar-refractivity contribution in [2.75, 3.05) is 13.6 Å². The topological polar surface area (TPSA) is 15.6 Å². The van der Waals surface area contributed by atoms with Gasteiger partial charge in [0, 0.05) is 18.6 Å². The minimum atomic E-state index is -0.312. The fourth-order valence-electron chi connectivity index (χ4n) is 2.09. The number of aryl methyl sites for hydroxylation is 1. The summed E-state index contributed by atoms with van der Waals surface area (Å²) in [6.07, 6.45) is 2.26. The molecule has 0 N–H and O–H groups in total. The Kier molecular flexibility index (Phi) is 5.56. The maximum atomic E-state index is 14.2. The van der Waals surface area contributed by atoms with Gasteiger partial charge in [-0.25, -0.2) is 9.38 Å². The Balaban J connectivity index is 2.27. The third kappa shape index (κ3) is 4.08. The molecule has 0 aromatic heterocycles. The van der Waals surface area contributed by atoms with Crippen molar-refractivity contribution in [1.29, 1.82) is 0 Å². The molecule has 22 heavy (non-hydrogen) atoms. The van der Waals surface area contributed by atoms with E-state index in [4.69, 9.17) is 11.6 Å². The predicted octanol–water partition coefficient (Wildman–Crippen LogP) is 4.99. The molecular weight excluding hydrogens is 299 g/mol. The highest BCUT2D eigenvalue weighted by Crippen LogP contribution is 2.26. The molecule has 0 unspecified atom stereocenters. The minimum absolute atomic E-state index is 0.312. The molecule has 0 aliphatic rings. The van der Waals surface area contributed by atoms with Crippen molar-refractivity contribution < 1.29 is 4.39 Å². The molecule has 4 heteroatoms. The van der Waals surface area contributed by atoms with Crippen LogP contribution in [0.4, 0.5) is 10.1 Å². The van der Waals surface area contributed by atoms with Crippen molar-refractivity contribution in [3.8, 4) is 0 Å². The van der Waals surface area contributed by atoms with E-state index in [9.17, 15) is 4.39 Å². The summed E-state index contributed by atoms with van der Waals surface area (Å²) in [5.74, 6) is -0.312. The SMILES string of the molecule is CCN(C)C=Nc1cc(C)c(Cc2ccccc2Cl)cc1F. The molecule has 0 fully saturated rings. The molecule has 0 bridgehead atoms. The Morgan fingerprint density at radius 2 is 1.95 bits per heavy atom. The quantitative estimate of drug-likeness (QED) is 0.560. The summed E-state index contributed by atoms with van der Waals surface area (Å²) in [7, 11) is 1.90. The van der Waals surface area contributed by atoms with Gasteiger partial charge >= 0.3 is 0 Å². The first-order valence-corrected chi connectivity index (χ1v) is 7.66. The van der Waals surface area contributed by atoms with Crippen LogP contribution in [0.25, 0.3) is 0 Å². The van der Waals surface area contributed by atoms with Crippen LogP contribution in [0.5, 0.6) is 0 Å². The zero-order valence-corrected chi connectivity index (χ0v) is 13.9. The number of rotatable bonds is 5. The molecule has 0 amide bonds. The first-order valence-electron chi connectivity index (χ1n) is 7.28. The summed E-state index contributed by atoms with van der Waals surface area (Å²) in [5, 5.41) is 0.703. The normalized spacial score (nSPS) is 11.1. The van der Waals surface area contributed by atoms with Crippen molar-refractivity contribution >= 4 is 23.6 Å². The van der Waals surface area contributed by atoms with Gasteiger partial charge in [0.05, 0.1) is 6.34 Å². The average Bonchev–Trinajstić information content (AvgIpc) is 2.51. The van der Waals surface area contributed by atoms with Gasteiger partial charge in [0.1, 0.15) is 11.5 Å². The highest BCUT2D eigenvalue weighted by molar-refractivity contribution is 6.31. The Morgan fingerprint density at radius 3 is 2.64 bits per heavy atom. The fourth-order valence-corrected chi connectivity index (χ4v) is 2.29. The number of halogens is 2. The van der Waals surface area contributed by atoms with Gasteiger partial charge in [-0.15, -0.1) is 0 Å². The number of hydrogen-bond donors (Lipinski definition) is 0. The summed E-state index contributed by atoms with van der Waals surface area (Å²) < 4.78 is 14.2. The van der Waals surface area contributed by atoms with Crippen LogP contribution < -0.4 is 0 Å². The Labute approximate surface area is 136 Å². The van der Waals surface area contributed by atoms with E-state index in [2.05, 4.69) is 4.99 Å². The van der Waals surface area contributed by atoms with Gasteiger partial charge in [-0.1, -0.05) is 29.8 Å². The standard InChI is InChI=1S/C18H20ClFN2/c1-4-22(3)12-21-18-9-13(2)15(11-17(18)20)10-14-7-5-6-8-16(14)19/h5-9,11-12H,4,10H2,1-3H3. The Hall–Kier alpha value is -1.87. The number of aliphatic imine (C=N–C) groups is 1. The van der Waals surface area contributed by atoms with Gasteiger partial charge in [-0.05, 0) is 55.2 Å². The molecule has 2 rings (SSSR count). The lowest BCUT2D eigenvalue weighted by atomic mass is 10.00. The zero-order chi connectivity index (χ0) is 16.1. The van der Waals surface area contributed by atoms with Crippen molar-refractivity contribution in [2.24, 2.45) is 4.99 Å². The maximum absolute atomic E-state index is 14.2. The molecular formula is C18H20ClFN2. The van der Waals surface area contributed by atoms with E-state index >= 15 is 0 Å². The van der Waals surface area contributed by atoms with Gasteiger partial charge in [-0.3, -0.25) is 0 Å². The van der Waals surface area contributed by atoms with Gasteiger partial charge in [0.2, 0.25) is 0 Å². The molecule has 2 aromatic rings. The second-order valence-corrected chi connectivity index (χ2v) is 5.72. The predicted molar refractivity (Wildman–Crippen MR) is 91.9 cm³/mol. The van der Waals surface area contributed by atoms with E-state index in [1.807, 2.05) is 50.1 Å². The molecule has 0 radical (unpaired) electrons. The molecule has 0 spiro atoms. The Morgan fingerprint density at radius 1 is 1.23 bits per heavy atom. The van der Waals surface area contributed by atoms with Gasteiger partial charge < -0.3 is 4.90 Å². The van der Waals surface area contributed by atoms with E-state index in [1.54, 1.807) is 18.5 Å². The van der Waals surface area contributed by atoms with E-state index in [0.717, 1.165) is 23.2 Å². The number of benzene rings is 2. The lowest BCUT2D eigenvalue weighted by molar-refractivity contribution is 0.551. The lowest BCUT2D eigenvalue weighted by Crippen LogP contribution is -2.14. The smallest absolute Gasteiger partial charge is 0.149 e. The molecule has 0 aliphatic heterocycles. The fraction of sp³-hybridized carbons (Fsp3) is 0.278. The highest BCUT2D eigenvalue weighted by Gasteiger charge is 2.09. The van der Waals surface area contributed by atoms with Crippen molar-refractivity contribution in [1.82, 2.24) is 4.90 Å². The molecule has 0 saturated carbocycles. The minimum Gasteiger partial charge on any atom is -0.366 e. The summed E-state index contributed by atoms with van der Waals surface area (Å²) in [6.45, 7) is 4.81. The first-order chi connectivity index (χ1) is 10.5. The van der Waals surface area contributed by atoms with Gasteiger partial charge in [0.25, 0.3) is 0 Å². The number of hydrogen-bond acceptors (Lipinski definition) is 1. The second-order valence-electron chi connectivity index (χ2n) is 5.32. The third-order valence-electron chi connectivity index (χ3n) is 3.64. The van der Waals surface area contributed by atoms with E-state index in [1.165, 1.54) is 0 Å². The van der Waals surface area contributed by atoms with E-state index in [-0.39, 0.29) is 5.82 Å². The summed E-state index contributed by atoms with van der Waals surface area (Å²) >= 11 is 6.18. The zero-order valence-electron chi connectivity index (χ0n) is 13.1. The highest BCUT2D eigenvalue weighted by atomic mass is 35.5. The molecule has 0 atom stereocenters. The van der Waals surface area contributed by atoms with E-state index < -0.39 is 0 Å². The van der Waals surface area contributed by atoms with Gasteiger partial charge in [-0.2, -0.15) is 0 Å². The van der Waals surface area contributed by atoms with Crippen molar-refractivity contribution in [3.05, 3.63) is 63.9 Å². The summed E-state index contributed by atoms with van der Waals surface area (Å²) in [4.78, 5) is 6.10. The number of nitrogens with zero attached hydrogens (tertiary/aromatic N) is 2. The first kappa shape index (κ1) is 16.5. The molecule has 116 valence electrons. The van der Waals surface area contributed by atoms with Crippen LogP contribution in [0.3, 0.4) is 0 Å². The monoisotopic (exact) mass is 318 g/mol. The van der Waals surface area contributed by atoms with Crippen LogP contribution in [0.15, 0.2) is 41.4 Å². The molecule has 0 aliphatic carbocycles. The van der Waals surface area contributed by atoms with Crippen LogP contribution in [0, 0.1) is 12.7 Å². The molecule has 2 nitrogen and oxygen atoms in total. The van der Waals surface area contributed by atoms with Gasteiger partial charge in [0.15, 0.2) is 0 Å². The van der Waals surface area contributed by atoms with Crippen molar-refractivity contribution in [3.63, 3.8) is 0 Å². The maximum Gasteiger partial charge on any atom is 0.149 e. The average molecular weight is 319 g/mol. The van der Waals surface area contributed by atoms with Crippen LogP contribution in [0.2, 0.25) is 5.02 Å². The lowest BCUT2D eigenvalue weighted by Gasteiger charge is -2.11. The van der Waals surface area contributed by atoms with Crippen LogP contribution in [0.1, 0.15) is 23.6 Å². The molecule has 0 saturated heterocycles. The molecule has 0 heterocycles. The largest absolute Gasteiger partial charge is 0.366 e. The molecule has 2 aromatic carbocycles. The van der Waals surface area contributed by atoms with E-state index in [0.29, 0.717) is 17.1 Å². The third-order valence-corrected chi connectivity index (χ3v) is 4.01. The summed E-state index contributed by atoms with van der Waals surface area (Å²) in [6, 6.07) is 11.0. The van der Waals surface area contributed by atoms with Crippen LogP contribution in [-0.4, -0.2) is 24.8 Å². The summed E-state index contributed by atoms with van der Waals surface area (Å²) in [5.41, 5.74) is 3.29. The van der Waals surface area contributed by atoms with Crippen LogP contribution in [-0.2, 0) is 6.42 Å². The van der Waals surface area contributed by atoms with Crippen molar-refractivity contribution in [2.45, 2.75) is 20.3 Å². The second kappa shape index (κ2) is 7.41.